The minimum Gasteiger partial charge on any atom is -0.376 e. The first-order chi connectivity index (χ1) is 12.7. The van der Waals surface area contributed by atoms with E-state index in [0.717, 1.165) is 12.1 Å². The van der Waals surface area contributed by atoms with Gasteiger partial charge in [-0.05, 0) is 48.9 Å². The molecule has 0 unspecified atom stereocenters. The zero-order chi connectivity index (χ0) is 20.0. The largest absolute Gasteiger partial charge is 0.416 e. The maximum Gasteiger partial charge on any atom is 0.416 e. The van der Waals surface area contributed by atoms with E-state index < -0.39 is 23.6 Å². The molecule has 0 spiro atoms. The van der Waals surface area contributed by atoms with Crippen molar-refractivity contribution in [2.45, 2.75) is 13.1 Å². The van der Waals surface area contributed by atoms with Gasteiger partial charge in [0, 0.05) is 16.4 Å². The van der Waals surface area contributed by atoms with Crippen LogP contribution in [0.2, 0.25) is 5.02 Å². The van der Waals surface area contributed by atoms with Gasteiger partial charge in [0.15, 0.2) is 0 Å². The van der Waals surface area contributed by atoms with Crippen LogP contribution in [0.25, 0.3) is 0 Å². The summed E-state index contributed by atoms with van der Waals surface area (Å²) in [5.41, 5.74) is 0.843. The lowest BCUT2D eigenvalue weighted by molar-refractivity contribution is -0.137. The number of carbonyl (C=O) groups excluding carboxylic acids is 2. The smallest absolute Gasteiger partial charge is 0.376 e. The average molecular weight is 400 g/mol. The maximum absolute atomic E-state index is 12.5. The van der Waals surface area contributed by atoms with Crippen molar-refractivity contribution in [1.29, 1.82) is 0 Å². The summed E-state index contributed by atoms with van der Waals surface area (Å²) in [6.07, 6.45) is -4.41. The second-order valence-electron chi connectivity index (χ2n) is 5.67. The van der Waals surface area contributed by atoms with Gasteiger partial charge in [0.1, 0.15) is 0 Å². The third kappa shape index (κ3) is 6.18. The van der Waals surface area contributed by atoms with Gasteiger partial charge in [-0.25, -0.2) is 0 Å². The molecule has 9 heteroatoms. The van der Waals surface area contributed by atoms with Crippen LogP contribution in [0.5, 0.6) is 0 Å². The highest BCUT2D eigenvalue weighted by Crippen LogP contribution is 2.29. The molecule has 0 aliphatic carbocycles. The lowest BCUT2D eigenvalue weighted by Crippen LogP contribution is -2.36. The van der Waals surface area contributed by atoms with E-state index in [1.54, 1.807) is 25.1 Å². The highest BCUT2D eigenvalue weighted by molar-refractivity contribution is 6.31. The Hall–Kier alpha value is -2.74. The van der Waals surface area contributed by atoms with Crippen LogP contribution >= 0.6 is 11.6 Å². The predicted molar refractivity (Wildman–Crippen MR) is 97.8 cm³/mol. The minimum atomic E-state index is -4.41. The van der Waals surface area contributed by atoms with Crippen LogP contribution in [-0.2, 0) is 15.8 Å². The number of hydrogen-bond acceptors (Lipinski definition) is 3. The standard InChI is InChI=1S/C18H17ClF3N3O2/c1-11-14(19)3-2-4-15(11)25-17(27)10-24-16(26)9-23-13-7-5-12(6-8-13)18(20,21)22/h2-8,23H,9-10H2,1H3,(H,24,26)(H,25,27). The number of rotatable bonds is 6. The number of amides is 2. The second-order valence-corrected chi connectivity index (χ2v) is 6.07. The number of hydrogen-bond donors (Lipinski definition) is 3. The summed E-state index contributed by atoms with van der Waals surface area (Å²) in [6.45, 7) is 1.32. The van der Waals surface area contributed by atoms with Gasteiger partial charge in [-0.15, -0.1) is 0 Å². The molecule has 0 atom stereocenters. The molecule has 0 aliphatic rings. The molecule has 144 valence electrons. The Morgan fingerprint density at radius 2 is 1.67 bits per heavy atom. The van der Waals surface area contributed by atoms with E-state index >= 15 is 0 Å². The Balaban J connectivity index is 1.77. The van der Waals surface area contributed by atoms with E-state index in [1.165, 1.54) is 12.1 Å². The van der Waals surface area contributed by atoms with Gasteiger partial charge in [-0.3, -0.25) is 9.59 Å². The zero-order valence-corrected chi connectivity index (χ0v) is 15.0. The third-order valence-electron chi connectivity index (χ3n) is 3.65. The molecule has 0 bridgehead atoms. The van der Waals surface area contributed by atoms with E-state index in [2.05, 4.69) is 16.0 Å². The molecule has 0 fully saturated rings. The summed E-state index contributed by atoms with van der Waals surface area (Å²) in [4.78, 5) is 23.7. The summed E-state index contributed by atoms with van der Waals surface area (Å²) in [6, 6.07) is 9.36. The van der Waals surface area contributed by atoms with Crippen molar-refractivity contribution in [1.82, 2.24) is 5.32 Å². The molecule has 5 nitrogen and oxygen atoms in total. The monoisotopic (exact) mass is 399 g/mol. The number of carbonyl (C=O) groups is 2. The summed E-state index contributed by atoms with van der Waals surface area (Å²) in [7, 11) is 0. The van der Waals surface area contributed by atoms with Gasteiger partial charge in [0.05, 0.1) is 18.7 Å². The first-order valence-electron chi connectivity index (χ1n) is 7.89. The van der Waals surface area contributed by atoms with E-state index in [-0.39, 0.29) is 13.1 Å². The summed E-state index contributed by atoms with van der Waals surface area (Å²) in [5.74, 6) is -0.906. The molecule has 3 N–H and O–H groups in total. The van der Waals surface area contributed by atoms with Crippen molar-refractivity contribution < 1.29 is 22.8 Å². The Morgan fingerprint density at radius 3 is 2.30 bits per heavy atom. The Morgan fingerprint density at radius 1 is 1.00 bits per heavy atom. The highest BCUT2D eigenvalue weighted by Gasteiger charge is 2.29. The molecule has 2 rings (SSSR count). The third-order valence-corrected chi connectivity index (χ3v) is 4.06. The summed E-state index contributed by atoms with van der Waals surface area (Å²) >= 11 is 5.97. The number of halogens is 4. The molecule has 0 saturated carbocycles. The number of nitrogens with one attached hydrogen (secondary N) is 3. The van der Waals surface area contributed by atoms with Gasteiger partial charge >= 0.3 is 6.18 Å². The fourth-order valence-corrected chi connectivity index (χ4v) is 2.31. The van der Waals surface area contributed by atoms with Crippen LogP contribution in [0.4, 0.5) is 24.5 Å². The first-order valence-corrected chi connectivity index (χ1v) is 8.27. The molecule has 27 heavy (non-hydrogen) atoms. The van der Waals surface area contributed by atoms with Crippen molar-refractivity contribution in [3.63, 3.8) is 0 Å². The highest BCUT2D eigenvalue weighted by atomic mass is 35.5. The number of alkyl halides is 3. The lowest BCUT2D eigenvalue weighted by Gasteiger charge is -2.11. The van der Waals surface area contributed by atoms with Gasteiger partial charge < -0.3 is 16.0 Å². The maximum atomic E-state index is 12.5. The van der Waals surface area contributed by atoms with E-state index in [0.29, 0.717) is 22.0 Å². The molecule has 0 aliphatic heterocycles. The minimum absolute atomic E-state index is 0.186. The Kier molecular flexibility index (Phi) is 6.68. The fraction of sp³-hybridized carbons (Fsp3) is 0.222. The van der Waals surface area contributed by atoms with E-state index in [9.17, 15) is 22.8 Å². The SMILES string of the molecule is Cc1c(Cl)cccc1NC(=O)CNC(=O)CNc1ccc(C(F)(F)F)cc1. The molecule has 0 saturated heterocycles. The van der Waals surface area contributed by atoms with Crippen LogP contribution in [0.15, 0.2) is 42.5 Å². The molecular weight excluding hydrogens is 383 g/mol. The van der Waals surface area contributed by atoms with Crippen LogP contribution in [0, 0.1) is 6.92 Å². The second kappa shape index (κ2) is 8.77. The van der Waals surface area contributed by atoms with Crippen molar-refractivity contribution in [3.05, 3.63) is 58.6 Å². The normalized spacial score (nSPS) is 11.0. The first kappa shape index (κ1) is 20.6. The zero-order valence-electron chi connectivity index (χ0n) is 14.3. The van der Waals surface area contributed by atoms with Gasteiger partial charge in [-0.1, -0.05) is 17.7 Å². The molecule has 2 aromatic carbocycles. The summed E-state index contributed by atoms with van der Waals surface area (Å²) in [5, 5.41) is 8.25. The van der Waals surface area contributed by atoms with Crippen molar-refractivity contribution in [3.8, 4) is 0 Å². The average Bonchev–Trinajstić information content (AvgIpc) is 2.61. The molecule has 2 aromatic rings. The lowest BCUT2D eigenvalue weighted by atomic mass is 10.2. The topological polar surface area (TPSA) is 70.2 Å². The number of benzene rings is 2. The predicted octanol–water partition coefficient (Wildman–Crippen LogP) is 3.83. The van der Waals surface area contributed by atoms with Crippen LogP contribution in [0.3, 0.4) is 0 Å². The van der Waals surface area contributed by atoms with Crippen molar-refractivity contribution in [2.75, 3.05) is 23.7 Å². The molecular formula is C18H17ClF3N3O2. The van der Waals surface area contributed by atoms with Crippen LogP contribution < -0.4 is 16.0 Å². The van der Waals surface area contributed by atoms with Gasteiger partial charge in [-0.2, -0.15) is 13.2 Å². The summed E-state index contributed by atoms with van der Waals surface area (Å²) < 4.78 is 37.4. The number of anilines is 2. The molecule has 0 heterocycles. The van der Waals surface area contributed by atoms with Crippen molar-refractivity contribution >= 4 is 34.8 Å². The van der Waals surface area contributed by atoms with E-state index in [4.69, 9.17) is 11.6 Å². The van der Waals surface area contributed by atoms with Crippen molar-refractivity contribution in [2.24, 2.45) is 0 Å². The molecule has 0 radical (unpaired) electrons. The van der Waals surface area contributed by atoms with E-state index in [1.807, 2.05) is 0 Å². The van der Waals surface area contributed by atoms with Crippen LogP contribution in [0.1, 0.15) is 11.1 Å². The Bertz CT molecular complexity index is 824. The fourth-order valence-electron chi connectivity index (χ4n) is 2.14. The molecule has 0 aromatic heterocycles. The van der Waals surface area contributed by atoms with Crippen LogP contribution in [-0.4, -0.2) is 24.9 Å². The molecule has 2 amide bonds. The van der Waals surface area contributed by atoms with Gasteiger partial charge in [0.25, 0.3) is 0 Å². The Labute approximate surface area is 158 Å². The quantitative estimate of drug-likeness (QED) is 0.691. The van der Waals surface area contributed by atoms with Gasteiger partial charge in [0.2, 0.25) is 11.8 Å².